The van der Waals surface area contributed by atoms with Crippen LogP contribution in [0.4, 0.5) is 4.39 Å². The summed E-state index contributed by atoms with van der Waals surface area (Å²) in [6.45, 7) is 2.19. The van der Waals surface area contributed by atoms with Gasteiger partial charge in [0.25, 0.3) is 5.89 Å². The van der Waals surface area contributed by atoms with Gasteiger partial charge in [0, 0.05) is 5.56 Å². The summed E-state index contributed by atoms with van der Waals surface area (Å²) in [6, 6.07) is 4.72. The lowest BCUT2D eigenvalue weighted by Gasteiger charge is -2.33. The highest BCUT2D eigenvalue weighted by molar-refractivity contribution is 9.10. The Morgan fingerprint density at radius 1 is 1.48 bits per heavy atom. The maximum atomic E-state index is 13.6. The van der Waals surface area contributed by atoms with E-state index in [1.54, 1.807) is 12.1 Å². The first-order valence-electron chi connectivity index (χ1n) is 7.06. The Kier molecular flexibility index (Phi) is 3.84. The Labute approximate surface area is 131 Å². The van der Waals surface area contributed by atoms with E-state index in [9.17, 15) is 4.39 Å². The molecule has 1 aliphatic carbocycles. The fourth-order valence-corrected chi connectivity index (χ4v) is 3.21. The molecule has 0 spiro atoms. The maximum absolute atomic E-state index is 13.6. The van der Waals surface area contributed by atoms with Crippen molar-refractivity contribution in [2.75, 3.05) is 0 Å². The Hall–Kier alpha value is -1.27. The van der Waals surface area contributed by atoms with Gasteiger partial charge in [0.05, 0.1) is 10.0 Å². The molecule has 0 aliphatic heterocycles. The number of nitrogens with two attached hydrogens (primary N) is 1. The van der Waals surface area contributed by atoms with Gasteiger partial charge in [-0.1, -0.05) is 24.9 Å². The predicted molar refractivity (Wildman–Crippen MR) is 80.9 cm³/mol. The fourth-order valence-electron chi connectivity index (χ4n) is 2.97. The van der Waals surface area contributed by atoms with Crippen LogP contribution in [0.25, 0.3) is 11.5 Å². The van der Waals surface area contributed by atoms with Crippen LogP contribution < -0.4 is 5.73 Å². The van der Waals surface area contributed by atoms with Gasteiger partial charge in [-0.25, -0.2) is 4.39 Å². The summed E-state index contributed by atoms with van der Waals surface area (Å²) in [4.78, 5) is 4.40. The van der Waals surface area contributed by atoms with E-state index in [0.29, 0.717) is 27.7 Å². The van der Waals surface area contributed by atoms with Crippen molar-refractivity contribution in [1.82, 2.24) is 10.1 Å². The molecule has 21 heavy (non-hydrogen) atoms. The zero-order valence-corrected chi connectivity index (χ0v) is 13.4. The third-order valence-electron chi connectivity index (χ3n) is 4.07. The summed E-state index contributed by atoms with van der Waals surface area (Å²) < 4.78 is 19.3. The quantitative estimate of drug-likeness (QED) is 0.885. The predicted octanol–water partition coefficient (Wildman–Crippen LogP) is 4.00. The molecule has 1 aliphatic rings. The van der Waals surface area contributed by atoms with Gasteiger partial charge in [0.1, 0.15) is 5.82 Å². The summed E-state index contributed by atoms with van der Waals surface area (Å²) in [6.07, 6.45) is 3.95. The fraction of sp³-hybridized carbons (Fsp3) is 0.467. The molecule has 1 aromatic carbocycles. The van der Waals surface area contributed by atoms with Gasteiger partial charge in [0.2, 0.25) is 0 Å². The summed E-state index contributed by atoms with van der Waals surface area (Å²) in [5.74, 6) is 1.02. The molecule has 112 valence electrons. The molecule has 1 saturated carbocycles. The van der Waals surface area contributed by atoms with E-state index < -0.39 is 5.54 Å². The number of rotatable bonds is 2. The molecule has 1 aromatic heterocycles. The third kappa shape index (κ3) is 2.87. The molecular formula is C15H17BrFN3O. The lowest BCUT2D eigenvalue weighted by Crippen LogP contribution is -2.42. The maximum Gasteiger partial charge on any atom is 0.258 e. The minimum absolute atomic E-state index is 0.305. The molecule has 2 atom stereocenters. The second kappa shape index (κ2) is 5.50. The van der Waals surface area contributed by atoms with Crippen molar-refractivity contribution in [2.45, 2.75) is 38.1 Å². The molecule has 1 fully saturated rings. The highest BCUT2D eigenvalue weighted by Crippen LogP contribution is 2.37. The van der Waals surface area contributed by atoms with E-state index in [1.165, 1.54) is 12.5 Å². The van der Waals surface area contributed by atoms with E-state index >= 15 is 0 Å². The third-order valence-corrected chi connectivity index (χ3v) is 4.71. The largest absolute Gasteiger partial charge is 0.334 e. The monoisotopic (exact) mass is 353 g/mol. The van der Waals surface area contributed by atoms with Crippen molar-refractivity contribution in [3.63, 3.8) is 0 Å². The van der Waals surface area contributed by atoms with Gasteiger partial charge in [0.15, 0.2) is 5.82 Å². The van der Waals surface area contributed by atoms with Crippen LogP contribution in [0.15, 0.2) is 27.2 Å². The van der Waals surface area contributed by atoms with Crippen molar-refractivity contribution in [2.24, 2.45) is 11.7 Å². The molecule has 2 aromatic rings. The van der Waals surface area contributed by atoms with E-state index in [2.05, 4.69) is 33.0 Å². The number of hydrogen-bond donors (Lipinski definition) is 1. The zero-order valence-electron chi connectivity index (χ0n) is 11.8. The number of nitrogens with zero attached hydrogens (tertiary/aromatic N) is 2. The van der Waals surface area contributed by atoms with Crippen molar-refractivity contribution in [3.05, 3.63) is 34.3 Å². The molecule has 2 unspecified atom stereocenters. The van der Waals surface area contributed by atoms with Crippen molar-refractivity contribution < 1.29 is 8.91 Å². The van der Waals surface area contributed by atoms with Crippen molar-refractivity contribution >= 4 is 15.9 Å². The highest BCUT2D eigenvalue weighted by atomic mass is 79.9. The SMILES string of the molecule is CC1CCCC(N)(c2noc(-c3ccc(Br)c(F)c3)n2)C1. The molecule has 0 radical (unpaired) electrons. The molecule has 4 nitrogen and oxygen atoms in total. The van der Waals surface area contributed by atoms with Gasteiger partial charge in [-0.05, 0) is 52.9 Å². The number of halogens is 2. The highest BCUT2D eigenvalue weighted by Gasteiger charge is 2.37. The van der Waals surface area contributed by atoms with Crippen LogP contribution in [0.2, 0.25) is 0 Å². The first-order chi connectivity index (χ1) is 9.98. The van der Waals surface area contributed by atoms with Gasteiger partial charge in [-0.15, -0.1) is 0 Å². The van der Waals surface area contributed by atoms with E-state index in [4.69, 9.17) is 10.3 Å². The molecular weight excluding hydrogens is 337 g/mol. The average Bonchev–Trinajstić information content (AvgIpc) is 2.92. The number of aromatic nitrogens is 2. The van der Waals surface area contributed by atoms with Crippen LogP contribution in [0.1, 0.15) is 38.4 Å². The Bertz CT molecular complexity index is 660. The van der Waals surface area contributed by atoms with Gasteiger partial charge < -0.3 is 10.3 Å². The van der Waals surface area contributed by atoms with Gasteiger partial charge >= 0.3 is 0 Å². The van der Waals surface area contributed by atoms with Crippen LogP contribution >= 0.6 is 15.9 Å². The standard InChI is InChI=1S/C15H17BrFN3O/c1-9-3-2-6-15(18,8-9)14-19-13(21-20-14)10-4-5-11(16)12(17)7-10/h4-5,7,9H,2-3,6,8,18H2,1H3. The minimum Gasteiger partial charge on any atom is -0.334 e. The summed E-state index contributed by atoms with van der Waals surface area (Å²) >= 11 is 3.12. The second-order valence-electron chi connectivity index (χ2n) is 5.91. The smallest absolute Gasteiger partial charge is 0.258 e. The lowest BCUT2D eigenvalue weighted by molar-refractivity contribution is 0.222. The Balaban J connectivity index is 1.90. The van der Waals surface area contributed by atoms with Crippen molar-refractivity contribution in [1.29, 1.82) is 0 Å². The Morgan fingerprint density at radius 2 is 2.29 bits per heavy atom. The summed E-state index contributed by atoms with van der Waals surface area (Å²) in [5.41, 5.74) is 6.47. The molecule has 3 rings (SSSR count). The second-order valence-corrected chi connectivity index (χ2v) is 6.76. The first kappa shape index (κ1) is 14.7. The normalized spacial score (nSPS) is 26.0. The molecule has 0 saturated heterocycles. The van der Waals surface area contributed by atoms with Crippen molar-refractivity contribution in [3.8, 4) is 11.5 Å². The van der Waals surface area contributed by atoms with Crippen LogP contribution in [-0.2, 0) is 5.54 Å². The van der Waals surface area contributed by atoms with Crippen LogP contribution in [0.5, 0.6) is 0 Å². The van der Waals surface area contributed by atoms with E-state index in [1.807, 2.05) is 0 Å². The number of benzene rings is 1. The average molecular weight is 354 g/mol. The van der Waals surface area contributed by atoms with Gasteiger partial charge in [-0.3, -0.25) is 0 Å². The zero-order chi connectivity index (χ0) is 15.0. The molecule has 0 bridgehead atoms. The minimum atomic E-state index is -0.534. The van der Waals surface area contributed by atoms with Crippen LogP contribution in [0, 0.1) is 11.7 Å². The molecule has 1 heterocycles. The Morgan fingerprint density at radius 3 is 3.00 bits per heavy atom. The van der Waals surface area contributed by atoms with Crippen LogP contribution in [0.3, 0.4) is 0 Å². The summed E-state index contributed by atoms with van der Waals surface area (Å²) in [7, 11) is 0. The van der Waals surface area contributed by atoms with Gasteiger partial charge in [-0.2, -0.15) is 4.98 Å². The first-order valence-corrected chi connectivity index (χ1v) is 7.86. The van der Waals surface area contributed by atoms with E-state index in [0.717, 1.165) is 19.3 Å². The topological polar surface area (TPSA) is 64.9 Å². The summed E-state index contributed by atoms with van der Waals surface area (Å²) in [5, 5.41) is 4.03. The number of hydrogen-bond acceptors (Lipinski definition) is 4. The lowest BCUT2D eigenvalue weighted by atomic mass is 9.76. The van der Waals surface area contributed by atoms with E-state index in [-0.39, 0.29) is 5.82 Å². The molecule has 6 heteroatoms. The molecule has 0 amide bonds. The van der Waals surface area contributed by atoms with Crippen LogP contribution in [-0.4, -0.2) is 10.1 Å². The molecule has 2 N–H and O–H groups in total.